The van der Waals surface area contributed by atoms with E-state index in [-0.39, 0.29) is 5.75 Å². The maximum Gasteiger partial charge on any atom is 0.303 e. The smallest absolute Gasteiger partial charge is 0.303 e. The average molecular weight is 439 g/mol. The molecule has 0 aromatic carbocycles. The van der Waals surface area contributed by atoms with Crippen LogP contribution in [0.3, 0.4) is 0 Å². The van der Waals surface area contributed by atoms with Crippen LogP contribution in [-0.4, -0.2) is 75.3 Å². The van der Waals surface area contributed by atoms with E-state index >= 15 is 0 Å². The summed E-state index contributed by atoms with van der Waals surface area (Å²) in [5.74, 6) is -3.41. The summed E-state index contributed by atoms with van der Waals surface area (Å²) in [6.07, 6.45) is -6.97. The average Bonchev–Trinajstić information content (AvgIpc) is 2.57. The predicted octanol–water partition coefficient (Wildman–Crippen LogP) is -0.991. The molecule has 1 fully saturated rings. The Morgan fingerprint density at radius 2 is 1.31 bits per heavy atom. The minimum absolute atomic E-state index is 0.320. The van der Waals surface area contributed by atoms with Crippen LogP contribution in [0.25, 0.3) is 0 Å². The minimum atomic E-state index is -3.86. The molecule has 0 spiro atoms. The number of hydrogen-bond donors (Lipinski definition) is 1. The van der Waals surface area contributed by atoms with Crippen molar-refractivity contribution >= 4 is 33.9 Å². The van der Waals surface area contributed by atoms with E-state index in [0.29, 0.717) is 0 Å². The van der Waals surface area contributed by atoms with Gasteiger partial charge in [0, 0.05) is 27.7 Å². The van der Waals surface area contributed by atoms with Gasteiger partial charge in [-0.05, 0) is 6.92 Å². The molecule has 1 aliphatic rings. The zero-order valence-corrected chi connectivity index (χ0v) is 17.5. The molecule has 1 aliphatic heterocycles. The molecule has 0 aromatic rings. The van der Waals surface area contributed by atoms with Gasteiger partial charge in [-0.25, -0.2) is 8.42 Å². The Bertz CT molecular complexity index is 735. The highest BCUT2D eigenvalue weighted by Crippen LogP contribution is 2.28. The summed E-state index contributed by atoms with van der Waals surface area (Å²) >= 11 is 0. The Morgan fingerprint density at radius 1 is 0.828 bits per heavy atom. The maximum absolute atomic E-state index is 12.0. The third-order valence-corrected chi connectivity index (χ3v) is 5.02. The number of carbonyl (C=O) groups is 4. The lowest BCUT2D eigenvalue weighted by atomic mass is 9.97. The van der Waals surface area contributed by atoms with Crippen molar-refractivity contribution in [3.05, 3.63) is 0 Å². The lowest BCUT2D eigenvalue weighted by molar-refractivity contribution is -0.254. The molecule has 1 heterocycles. The molecule has 0 radical (unpaired) electrons. The summed E-state index contributed by atoms with van der Waals surface area (Å²) in [6.45, 7) is 5.27. The van der Waals surface area contributed by atoms with Crippen molar-refractivity contribution in [1.82, 2.24) is 4.72 Å². The van der Waals surface area contributed by atoms with Gasteiger partial charge in [0.05, 0.1) is 5.75 Å². The maximum atomic E-state index is 12.0. The van der Waals surface area contributed by atoms with Crippen LogP contribution >= 0.6 is 0 Å². The Labute approximate surface area is 168 Å². The lowest BCUT2D eigenvalue weighted by Gasteiger charge is -2.44. The molecule has 3 unspecified atom stereocenters. The number of sulfonamides is 1. The first-order valence-corrected chi connectivity index (χ1v) is 10.3. The zero-order valence-electron chi connectivity index (χ0n) is 16.7. The van der Waals surface area contributed by atoms with Gasteiger partial charge in [-0.2, -0.15) is 4.72 Å². The van der Waals surface area contributed by atoms with Gasteiger partial charge < -0.3 is 23.7 Å². The molecule has 1 N–H and O–H groups in total. The first-order valence-electron chi connectivity index (χ1n) is 8.66. The van der Waals surface area contributed by atoms with E-state index in [2.05, 4.69) is 4.72 Å². The molecular weight excluding hydrogens is 414 g/mol. The zero-order chi connectivity index (χ0) is 22.4. The highest BCUT2D eigenvalue weighted by Gasteiger charge is 2.52. The Kier molecular flexibility index (Phi) is 8.98. The van der Waals surface area contributed by atoms with Gasteiger partial charge in [0.2, 0.25) is 10.0 Å². The van der Waals surface area contributed by atoms with Crippen LogP contribution in [0.5, 0.6) is 0 Å². The van der Waals surface area contributed by atoms with Crippen LogP contribution in [0, 0.1) is 0 Å². The van der Waals surface area contributed by atoms with Crippen molar-refractivity contribution in [1.29, 1.82) is 0 Å². The van der Waals surface area contributed by atoms with Crippen LogP contribution in [-0.2, 0) is 52.9 Å². The van der Waals surface area contributed by atoms with Crippen molar-refractivity contribution in [2.45, 2.75) is 65.3 Å². The lowest BCUT2D eigenvalue weighted by Crippen LogP contribution is -2.66. The largest absolute Gasteiger partial charge is 0.463 e. The van der Waals surface area contributed by atoms with E-state index in [0.717, 1.165) is 27.7 Å². The quantitative estimate of drug-likeness (QED) is 0.365. The minimum Gasteiger partial charge on any atom is -0.463 e. The van der Waals surface area contributed by atoms with Gasteiger partial charge in [0.1, 0.15) is 12.7 Å². The number of hydrogen-bond acceptors (Lipinski definition) is 11. The van der Waals surface area contributed by atoms with E-state index in [1.165, 1.54) is 6.92 Å². The van der Waals surface area contributed by atoms with Gasteiger partial charge in [-0.15, -0.1) is 0 Å². The molecule has 5 atom stereocenters. The molecule has 0 aliphatic carbocycles. The van der Waals surface area contributed by atoms with E-state index in [1.807, 2.05) is 0 Å². The first kappa shape index (κ1) is 24.8. The molecule has 13 heteroatoms. The first-order chi connectivity index (χ1) is 13.4. The Morgan fingerprint density at radius 3 is 1.76 bits per heavy atom. The third kappa shape index (κ3) is 7.95. The second-order valence-corrected chi connectivity index (χ2v) is 8.18. The monoisotopic (exact) mass is 439 g/mol. The molecular formula is C16H25NO11S. The van der Waals surface area contributed by atoms with Crippen LogP contribution in [0.2, 0.25) is 0 Å². The van der Waals surface area contributed by atoms with Gasteiger partial charge in [-0.3, -0.25) is 19.2 Å². The summed E-state index contributed by atoms with van der Waals surface area (Å²) in [6, 6.07) is 0. The highest BCUT2D eigenvalue weighted by atomic mass is 32.2. The number of carbonyl (C=O) groups excluding carboxylic acids is 4. The fourth-order valence-corrected chi connectivity index (χ4v) is 3.29. The van der Waals surface area contributed by atoms with E-state index in [1.54, 1.807) is 0 Å². The third-order valence-electron chi connectivity index (χ3n) is 3.67. The molecule has 1 rings (SSSR count). The molecule has 0 saturated carbocycles. The number of ether oxygens (including phenoxy) is 5. The van der Waals surface area contributed by atoms with Crippen molar-refractivity contribution in [2.75, 3.05) is 12.4 Å². The molecule has 29 heavy (non-hydrogen) atoms. The van der Waals surface area contributed by atoms with Crippen LogP contribution in [0.15, 0.2) is 0 Å². The fourth-order valence-electron chi connectivity index (χ4n) is 2.58. The highest BCUT2D eigenvalue weighted by molar-refractivity contribution is 7.89. The molecule has 0 aromatic heterocycles. The van der Waals surface area contributed by atoms with Gasteiger partial charge >= 0.3 is 23.9 Å². The number of nitrogens with one attached hydrogen (secondary N) is 1. The van der Waals surface area contributed by atoms with Crippen LogP contribution < -0.4 is 4.72 Å². The number of esters is 4. The Hall–Kier alpha value is -2.25. The molecule has 1 saturated heterocycles. The second-order valence-electron chi connectivity index (χ2n) is 6.14. The van der Waals surface area contributed by atoms with Gasteiger partial charge in [0.25, 0.3) is 0 Å². The summed E-state index contributed by atoms with van der Waals surface area (Å²) in [5.41, 5.74) is 0. The van der Waals surface area contributed by atoms with Crippen molar-refractivity contribution < 1.29 is 51.3 Å². The summed E-state index contributed by atoms with van der Waals surface area (Å²) < 4.78 is 52.3. The summed E-state index contributed by atoms with van der Waals surface area (Å²) in [5, 5.41) is 0. The Balaban J connectivity index is 3.39. The van der Waals surface area contributed by atoms with Crippen molar-refractivity contribution in [2.24, 2.45) is 0 Å². The van der Waals surface area contributed by atoms with Gasteiger partial charge in [-0.1, -0.05) is 0 Å². The SMILES string of the molecule is CCS(=O)(=O)N[C@@H]1OC(COC(C)=O)[C@@H](OC(C)=O)C(OC(C)=O)C1OC(C)=O. The summed E-state index contributed by atoms with van der Waals surface area (Å²) in [7, 11) is -3.86. The van der Waals surface area contributed by atoms with E-state index in [9.17, 15) is 27.6 Å². The van der Waals surface area contributed by atoms with Crippen molar-refractivity contribution in [3.63, 3.8) is 0 Å². The second kappa shape index (κ2) is 10.5. The van der Waals surface area contributed by atoms with E-state index in [4.69, 9.17) is 23.7 Å². The summed E-state index contributed by atoms with van der Waals surface area (Å²) in [4.78, 5) is 46.0. The standard InChI is InChI=1S/C16H25NO11S/c1-6-29(22,23)17-16-15(27-11(5)21)14(26-10(4)20)13(25-9(3)19)12(28-16)7-24-8(2)18/h12-17H,6-7H2,1-5H3/t12?,13-,14?,15?,16-/m1/s1. The number of rotatable bonds is 8. The van der Waals surface area contributed by atoms with Crippen LogP contribution in [0.4, 0.5) is 0 Å². The molecule has 12 nitrogen and oxygen atoms in total. The van der Waals surface area contributed by atoms with Gasteiger partial charge in [0.15, 0.2) is 24.5 Å². The molecule has 0 bridgehead atoms. The fraction of sp³-hybridized carbons (Fsp3) is 0.750. The van der Waals surface area contributed by atoms with Crippen LogP contribution in [0.1, 0.15) is 34.6 Å². The predicted molar refractivity (Wildman–Crippen MR) is 94.6 cm³/mol. The molecule has 0 amide bonds. The topological polar surface area (TPSA) is 161 Å². The van der Waals surface area contributed by atoms with E-state index < -0.39 is 71.2 Å². The van der Waals surface area contributed by atoms with Crippen molar-refractivity contribution in [3.8, 4) is 0 Å². The normalized spacial score (nSPS) is 26.9. The molecule has 166 valence electrons.